The van der Waals surface area contributed by atoms with E-state index in [9.17, 15) is 19.5 Å². The SMILES string of the molecule is C=C(C)C1CC[C@]2(C(=O)OCc3ccccc3)CC[C@]3(C)C(CCC4[C@@]5(C)CC[C@H](OC(=O)c6ccccc6C(=O)O)C(C)(C)C5CC[C@]43C)C12. The maximum atomic E-state index is 14.3. The summed E-state index contributed by atoms with van der Waals surface area (Å²) in [7, 11) is 0. The molecule has 5 aliphatic carbocycles. The van der Waals surface area contributed by atoms with Crippen molar-refractivity contribution in [2.45, 2.75) is 118 Å². The normalized spacial score (nSPS) is 39.3. The van der Waals surface area contributed by atoms with Crippen LogP contribution in [-0.2, 0) is 20.9 Å². The molecule has 5 saturated carbocycles. The maximum absolute atomic E-state index is 14.3. The number of carboxylic acid groups (broad SMARTS) is 1. The zero-order valence-corrected chi connectivity index (χ0v) is 31.6. The van der Waals surface area contributed by atoms with Gasteiger partial charge >= 0.3 is 17.9 Å². The van der Waals surface area contributed by atoms with E-state index < -0.39 is 17.4 Å². The van der Waals surface area contributed by atoms with E-state index in [2.05, 4.69) is 48.1 Å². The molecule has 5 fully saturated rings. The molecule has 0 saturated heterocycles. The molecule has 0 aliphatic heterocycles. The number of aromatic carboxylic acids is 1. The average Bonchev–Trinajstić information content (AvgIpc) is 3.50. The summed E-state index contributed by atoms with van der Waals surface area (Å²) in [6, 6.07) is 16.4. The Kier molecular flexibility index (Phi) is 8.90. The Bertz CT molecular complexity index is 1710. The van der Waals surface area contributed by atoms with Crippen molar-refractivity contribution < 1.29 is 29.0 Å². The lowest BCUT2D eigenvalue weighted by Gasteiger charge is -2.72. The number of ether oxygens (including phenoxy) is 2. The number of hydrogen-bond donors (Lipinski definition) is 1. The van der Waals surface area contributed by atoms with Crippen LogP contribution in [0.3, 0.4) is 0 Å². The highest BCUT2D eigenvalue weighted by Crippen LogP contribution is 2.77. The number of esters is 2. The number of carbonyl (C=O) groups is 3. The second-order valence-corrected chi connectivity index (χ2v) is 18.5. The maximum Gasteiger partial charge on any atom is 0.339 e. The minimum absolute atomic E-state index is 0.00527. The van der Waals surface area contributed by atoms with Crippen LogP contribution in [0.1, 0.15) is 132 Å². The second kappa shape index (κ2) is 12.6. The highest BCUT2D eigenvalue weighted by molar-refractivity contribution is 6.02. The summed E-state index contributed by atoms with van der Waals surface area (Å²) >= 11 is 0. The number of carbonyl (C=O) groups excluding carboxylic acids is 2. The van der Waals surface area contributed by atoms with Crippen molar-refractivity contribution in [3.05, 3.63) is 83.4 Å². The highest BCUT2D eigenvalue weighted by Gasteiger charge is 2.72. The summed E-state index contributed by atoms with van der Waals surface area (Å²) in [5, 5.41) is 9.71. The van der Waals surface area contributed by atoms with Gasteiger partial charge in [-0.15, -0.1) is 0 Å². The van der Waals surface area contributed by atoms with Crippen LogP contribution < -0.4 is 0 Å². The molecule has 2 aromatic carbocycles. The fourth-order valence-corrected chi connectivity index (χ4v) is 13.6. The Balaban J connectivity index is 1.15. The Hall–Kier alpha value is -3.41. The van der Waals surface area contributed by atoms with Crippen LogP contribution in [0.2, 0.25) is 0 Å². The van der Waals surface area contributed by atoms with Crippen LogP contribution in [0.4, 0.5) is 0 Å². The number of carboxylic acids is 1. The first-order valence-corrected chi connectivity index (χ1v) is 19.5. The summed E-state index contributed by atoms with van der Waals surface area (Å²) in [5.74, 6) is 0.254. The van der Waals surface area contributed by atoms with Crippen LogP contribution in [-0.4, -0.2) is 29.1 Å². The minimum atomic E-state index is -1.12. The summed E-state index contributed by atoms with van der Waals surface area (Å²) in [6.45, 7) is 19.3. The van der Waals surface area contributed by atoms with Gasteiger partial charge in [-0.25, -0.2) is 9.59 Å². The van der Waals surface area contributed by atoms with E-state index in [0.29, 0.717) is 30.3 Å². The van der Waals surface area contributed by atoms with Gasteiger partial charge in [-0.3, -0.25) is 4.79 Å². The van der Waals surface area contributed by atoms with Crippen LogP contribution in [0.15, 0.2) is 66.7 Å². The van der Waals surface area contributed by atoms with E-state index in [1.165, 1.54) is 11.6 Å². The molecule has 10 atom stereocenters. The Morgan fingerprint density at radius 3 is 2.14 bits per heavy atom. The Morgan fingerprint density at radius 2 is 1.45 bits per heavy atom. The molecule has 2 aromatic rings. The van der Waals surface area contributed by atoms with Gasteiger partial charge in [0.1, 0.15) is 12.7 Å². The number of allylic oxidation sites excluding steroid dienone is 1. The van der Waals surface area contributed by atoms with E-state index in [0.717, 1.165) is 69.8 Å². The molecule has 6 heteroatoms. The molecule has 274 valence electrons. The molecule has 0 bridgehead atoms. The van der Waals surface area contributed by atoms with Gasteiger partial charge in [0.25, 0.3) is 0 Å². The lowest BCUT2D eigenvalue weighted by molar-refractivity contribution is -0.248. The van der Waals surface area contributed by atoms with Crippen LogP contribution in [0.25, 0.3) is 0 Å². The van der Waals surface area contributed by atoms with Gasteiger partial charge in [-0.05, 0) is 135 Å². The second-order valence-electron chi connectivity index (χ2n) is 18.5. The van der Waals surface area contributed by atoms with Gasteiger partial charge in [0, 0.05) is 5.41 Å². The largest absolute Gasteiger partial charge is 0.478 e. The summed E-state index contributed by atoms with van der Waals surface area (Å²) in [4.78, 5) is 39.7. The fraction of sp³-hybridized carbons (Fsp3) is 0.622. The highest BCUT2D eigenvalue weighted by atomic mass is 16.5. The third-order valence-electron chi connectivity index (χ3n) is 16.3. The summed E-state index contributed by atoms with van der Waals surface area (Å²) < 4.78 is 12.5. The van der Waals surface area contributed by atoms with Crippen LogP contribution in [0, 0.1) is 56.7 Å². The monoisotopic (exact) mass is 694 g/mol. The standard InChI is InChI=1S/C45H58O6/c1-28(2)30-19-24-45(40(49)50-27-29-13-9-8-10-14-29)26-25-43(6)33(37(30)45)17-18-35-42(5)22-21-36(41(3,4)34(42)20-23-44(35,43)7)51-39(48)32-16-12-11-15-31(32)38(46)47/h8-16,30,33-37H,1,17-27H2,2-7H3,(H,46,47)/t30?,33?,34?,35?,36-,37?,42-,43+,44+,45-/m0/s1. The van der Waals surface area contributed by atoms with E-state index >= 15 is 0 Å². The van der Waals surface area contributed by atoms with Gasteiger partial charge in [0.05, 0.1) is 16.5 Å². The topological polar surface area (TPSA) is 89.9 Å². The average molecular weight is 695 g/mol. The third-order valence-corrected chi connectivity index (χ3v) is 16.3. The lowest BCUT2D eigenvalue weighted by Crippen LogP contribution is -2.67. The van der Waals surface area contributed by atoms with Crippen molar-refractivity contribution in [1.29, 1.82) is 0 Å². The zero-order chi connectivity index (χ0) is 36.6. The molecule has 0 radical (unpaired) electrons. The number of hydrogen-bond acceptors (Lipinski definition) is 5. The predicted molar refractivity (Wildman–Crippen MR) is 198 cm³/mol. The summed E-state index contributed by atoms with van der Waals surface area (Å²) in [6.07, 6.45) is 9.73. The van der Waals surface area contributed by atoms with E-state index in [1.54, 1.807) is 18.2 Å². The molecule has 51 heavy (non-hydrogen) atoms. The molecule has 1 N–H and O–H groups in total. The van der Waals surface area contributed by atoms with E-state index in [1.807, 2.05) is 30.3 Å². The molecule has 6 nitrogen and oxygen atoms in total. The quantitative estimate of drug-likeness (QED) is 0.229. The fourth-order valence-electron chi connectivity index (χ4n) is 13.6. The molecule has 0 amide bonds. The molecule has 5 aliphatic rings. The van der Waals surface area contributed by atoms with E-state index in [4.69, 9.17) is 9.47 Å². The molecular formula is C45H58O6. The lowest BCUT2D eigenvalue weighted by atomic mass is 9.32. The van der Waals surface area contributed by atoms with E-state index in [-0.39, 0.29) is 50.8 Å². The Morgan fingerprint density at radius 1 is 0.765 bits per heavy atom. The van der Waals surface area contributed by atoms with Gasteiger partial charge in [0.15, 0.2) is 0 Å². The first-order chi connectivity index (χ1) is 24.1. The number of rotatable bonds is 7. The van der Waals surface area contributed by atoms with Crippen molar-refractivity contribution >= 4 is 17.9 Å². The number of fused-ring (bicyclic) bond motifs is 7. The minimum Gasteiger partial charge on any atom is -0.478 e. The van der Waals surface area contributed by atoms with Gasteiger partial charge in [-0.2, -0.15) is 0 Å². The molecule has 0 aromatic heterocycles. The van der Waals surface area contributed by atoms with Crippen molar-refractivity contribution in [1.82, 2.24) is 0 Å². The van der Waals surface area contributed by atoms with Gasteiger partial charge in [-0.1, -0.05) is 89.2 Å². The Labute approximate surface area is 304 Å². The molecule has 5 unspecified atom stereocenters. The van der Waals surface area contributed by atoms with Crippen LogP contribution in [0.5, 0.6) is 0 Å². The van der Waals surface area contributed by atoms with Crippen molar-refractivity contribution in [2.24, 2.45) is 56.7 Å². The van der Waals surface area contributed by atoms with Gasteiger partial charge < -0.3 is 14.6 Å². The smallest absolute Gasteiger partial charge is 0.339 e. The predicted octanol–water partition coefficient (Wildman–Crippen LogP) is 10.3. The first-order valence-electron chi connectivity index (χ1n) is 19.5. The first kappa shape index (κ1) is 36.0. The molecule has 7 rings (SSSR count). The third kappa shape index (κ3) is 5.35. The van der Waals surface area contributed by atoms with Crippen molar-refractivity contribution in [2.75, 3.05) is 0 Å². The molecular weight excluding hydrogens is 636 g/mol. The van der Waals surface area contributed by atoms with Crippen molar-refractivity contribution in [3.63, 3.8) is 0 Å². The summed E-state index contributed by atoms with van der Waals surface area (Å²) in [5.41, 5.74) is 1.92. The molecule has 0 heterocycles. The van der Waals surface area contributed by atoms with Gasteiger partial charge in [0.2, 0.25) is 0 Å². The van der Waals surface area contributed by atoms with Crippen LogP contribution >= 0.6 is 0 Å². The molecule has 0 spiro atoms. The van der Waals surface area contributed by atoms with Crippen molar-refractivity contribution in [3.8, 4) is 0 Å². The number of benzene rings is 2. The zero-order valence-electron chi connectivity index (χ0n) is 31.6.